The van der Waals surface area contributed by atoms with Crippen molar-refractivity contribution in [3.8, 4) is 0 Å². The number of nitrogens with one attached hydrogen (secondary N) is 4. The molecule has 1 aromatic carbocycles. The molecule has 1 saturated heterocycles. The number of hydrogen-bond donors (Lipinski definition) is 6. The van der Waals surface area contributed by atoms with E-state index in [1.165, 1.54) is 13.8 Å². The first-order valence-electron chi connectivity index (χ1n) is 13.3. The van der Waals surface area contributed by atoms with Gasteiger partial charge in [-0.25, -0.2) is 0 Å². The van der Waals surface area contributed by atoms with Gasteiger partial charge in [0.1, 0.15) is 31.0 Å². The normalized spacial score (nSPS) is 18.8. The number of amides is 4. The van der Waals surface area contributed by atoms with Gasteiger partial charge in [0.2, 0.25) is 23.6 Å². The number of carboxylic acids is 1. The summed E-state index contributed by atoms with van der Waals surface area (Å²) in [5.41, 5.74) is 1.18. The zero-order chi connectivity index (χ0) is 30.9. The minimum absolute atomic E-state index is 0.0959. The van der Waals surface area contributed by atoms with Gasteiger partial charge in [-0.2, -0.15) is 0 Å². The molecular weight excluding hydrogens is 538 g/mol. The lowest BCUT2D eigenvalue weighted by atomic mass is 10.0. The molecule has 0 aromatic heterocycles. The van der Waals surface area contributed by atoms with Gasteiger partial charge in [0.25, 0.3) is 0 Å². The van der Waals surface area contributed by atoms with Crippen molar-refractivity contribution < 1.29 is 43.7 Å². The minimum atomic E-state index is -1.28. The molecule has 1 fully saturated rings. The van der Waals surface area contributed by atoms with E-state index in [4.69, 9.17) is 9.84 Å². The highest BCUT2D eigenvalue weighted by Crippen LogP contribution is 2.25. The number of aliphatic carboxylic acids is 1. The predicted molar refractivity (Wildman–Crippen MR) is 146 cm³/mol. The first-order chi connectivity index (χ1) is 19.2. The number of hydrogen-bond acceptors (Lipinski definition) is 9. The van der Waals surface area contributed by atoms with E-state index in [0.717, 1.165) is 10.5 Å². The van der Waals surface area contributed by atoms with E-state index >= 15 is 0 Å². The zero-order valence-electron chi connectivity index (χ0n) is 23.8. The van der Waals surface area contributed by atoms with Gasteiger partial charge >= 0.3 is 11.9 Å². The Morgan fingerprint density at radius 1 is 1.02 bits per heavy atom. The number of benzene rings is 1. The van der Waals surface area contributed by atoms with Gasteiger partial charge < -0.3 is 41.1 Å². The van der Waals surface area contributed by atoms with Gasteiger partial charge in [-0.15, -0.1) is 0 Å². The second-order valence-corrected chi connectivity index (χ2v) is 10.3. The van der Waals surface area contributed by atoms with Crippen LogP contribution in [0.4, 0.5) is 5.69 Å². The summed E-state index contributed by atoms with van der Waals surface area (Å²) in [4.78, 5) is 74.7. The van der Waals surface area contributed by atoms with Gasteiger partial charge in [-0.3, -0.25) is 28.8 Å². The third-order valence-electron chi connectivity index (χ3n) is 6.48. The lowest BCUT2D eigenvalue weighted by Gasteiger charge is -2.32. The molecule has 5 atom stereocenters. The molecular formula is C27H39N5O9. The molecule has 0 saturated carbocycles. The molecule has 2 unspecified atom stereocenters. The average Bonchev–Trinajstić information content (AvgIpc) is 3.14. The number of aliphatic hydroxyl groups excluding tert-OH is 1. The highest BCUT2D eigenvalue weighted by atomic mass is 16.5. The number of carbonyl (C=O) groups excluding carboxylic acids is 5. The Labute approximate surface area is 238 Å². The van der Waals surface area contributed by atoms with Gasteiger partial charge in [0.05, 0.1) is 6.54 Å². The summed E-state index contributed by atoms with van der Waals surface area (Å²) in [5.74, 6) is -4.94. The molecule has 0 radical (unpaired) electrons. The van der Waals surface area contributed by atoms with Gasteiger partial charge in [0, 0.05) is 31.5 Å². The second kappa shape index (κ2) is 15.1. The van der Waals surface area contributed by atoms with Crippen LogP contribution in [-0.2, 0) is 40.1 Å². The molecule has 0 spiro atoms. The Morgan fingerprint density at radius 2 is 1.66 bits per heavy atom. The molecule has 41 heavy (non-hydrogen) atoms. The molecule has 2 rings (SSSR count). The third-order valence-corrected chi connectivity index (χ3v) is 6.48. The summed E-state index contributed by atoms with van der Waals surface area (Å²) in [5, 5.41) is 29.8. The van der Waals surface area contributed by atoms with Crippen LogP contribution in [0.2, 0.25) is 0 Å². The van der Waals surface area contributed by atoms with E-state index in [2.05, 4.69) is 21.3 Å². The number of aliphatic hydroxyl groups is 1. The van der Waals surface area contributed by atoms with Crippen molar-refractivity contribution in [3.05, 3.63) is 29.8 Å². The maximum absolute atomic E-state index is 13.3. The average molecular weight is 578 g/mol. The van der Waals surface area contributed by atoms with Crippen LogP contribution >= 0.6 is 0 Å². The molecule has 1 aliphatic rings. The quantitative estimate of drug-likeness (QED) is 0.157. The van der Waals surface area contributed by atoms with Crippen molar-refractivity contribution in [2.24, 2.45) is 11.8 Å². The predicted octanol–water partition coefficient (Wildman–Crippen LogP) is -0.437. The fourth-order valence-electron chi connectivity index (χ4n) is 4.20. The maximum atomic E-state index is 13.3. The standard InChI is InChI=1S/C27H39N5O9/c1-14(2)23(31-25(38)20(11-28-12-22(35)36)32-21(34)10-15(3)27(32)40)26(39)29-16(4)24(37)30-19-8-6-18(7-9-19)13-41-17(5)33/h6-9,14-16,20-21,23,28,34H,10-13H2,1-5H3,(H,29,39)(H,30,37)(H,31,38)(H,35,36)/t15?,16-,20-,21?,23-/m0/s1. The topological polar surface area (TPSA) is 203 Å². The monoisotopic (exact) mass is 577 g/mol. The first-order valence-corrected chi connectivity index (χ1v) is 13.3. The van der Waals surface area contributed by atoms with Crippen LogP contribution in [0.15, 0.2) is 24.3 Å². The summed E-state index contributed by atoms with van der Waals surface area (Å²) in [7, 11) is 0. The Kier molecular flexibility index (Phi) is 12.2. The van der Waals surface area contributed by atoms with Crippen molar-refractivity contribution in [1.29, 1.82) is 0 Å². The van der Waals surface area contributed by atoms with Crippen molar-refractivity contribution in [3.63, 3.8) is 0 Å². The fraction of sp³-hybridized carbons (Fsp3) is 0.556. The van der Waals surface area contributed by atoms with Gasteiger partial charge in [0.15, 0.2) is 0 Å². The highest BCUT2D eigenvalue weighted by molar-refractivity contribution is 5.98. The highest BCUT2D eigenvalue weighted by Gasteiger charge is 2.43. The molecule has 14 heteroatoms. The zero-order valence-corrected chi connectivity index (χ0v) is 23.8. The van der Waals surface area contributed by atoms with E-state index in [1.807, 2.05) is 0 Å². The number of rotatable bonds is 14. The number of nitrogens with zero attached hydrogens (tertiary/aromatic N) is 1. The van der Waals surface area contributed by atoms with E-state index in [9.17, 15) is 33.9 Å². The Morgan fingerprint density at radius 3 is 2.17 bits per heavy atom. The molecule has 0 aliphatic carbocycles. The van der Waals surface area contributed by atoms with Crippen LogP contribution in [0.25, 0.3) is 0 Å². The molecule has 0 bridgehead atoms. The van der Waals surface area contributed by atoms with Crippen LogP contribution < -0.4 is 21.3 Å². The summed E-state index contributed by atoms with van der Waals surface area (Å²) < 4.78 is 4.92. The fourth-order valence-corrected chi connectivity index (χ4v) is 4.20. The molecule has 1 aliphatic heterocycles. The number of carboxylic acid groups (broad SMARTS) is 1. The molecule has 6 N–H and O–H groups in total. The first kappa shape index (κ1) is 33.2. The van der Waals surface area contributed by atoms with E-state index in [1.54, 1.807) is 45.0 Å². The lowest BCUT2D eigenvalue weighted by Crippen LogP contribution is -2.60. The molecule has 1 aromatic rings. The lowest BCUT2D eigenvalue weighted by molar-refractivity contribution is -0.147. The summed E-state index contributed by atoms with van der Waals surface area (Å²) in [6.07, 6.45) is -1.14. The molecule has 4 amide bonds. The summed E-state index contributed by atoms with van der Waals surface area (Å²) >= 11 is 0. The SMILES string of the molecule is CC(=O)OCc1ccc(NC(=O)[C@H](C)NC(=O)[C@@H](NC(=O)[C@H](CNCC(=O)O)N2C(=O)C(C)CC2O)C(C)C)cc1. The van der Waals surface area contributed by atoms with Crippen molar-refractivity contribution in [2.45, 2.75) is 72.0 Å². The smallest absolute Gasteiger partial charge is 0.317 e. The van der Waals surface area contributed by atoms with Gasteiger partial charge in [-0.05, 0) is 30.5 Å². The largest absolute Gasteiger partial charge is 0.480 e. The molecule has 1 heterocycles. The number of ether oxygens (including phenoxy) is 1. The van der Waals surface area contributed by atoms with E-state index in [-0.39, 0.29) is 19.6 Å². The second-order valence-electron chi connectivity index (χ2n) is 10.3. The molecule has 226 valence electrons. The summed E-state index contributed by atoms with van der Waals surface area (Å²) in [6, 6.07) is 3.23. The van der Waals surface area contributed by atoms with Gasteiger partial charge in [-0.1, -0.05) is 32.9 Å². The van der Waals surface area contributed by atoms with Crippen molar-refractivity contribution in [2.75, 3.05) is 18.4 Å². The number of likely N-dealkylation sites (tertiary alicyclic amines) is 1. The van der Waals surface area contributed by atoms with Crippen LogP contribution in [0.5, 0.6) is 0 Å². The van der Waals surface area contributed by atoms with Crippen LogP contribution in [0, 0.1) is 11.8 Å². The number of carbonyl (C=O) groups is 6. The van der Waals surface area contributed by atoms with Crippen LogP contribution in [-0.4, -0.2) is 88.1 Å². The van der Waals surface area contributed by atoms with Crippen molar-refractivity contribution in [1.82, 2.24) is 20.9 Å². The summed E-state index contributed by atoms with van der Waals surface area (Å²) in [6.45, 7) is 7.10. The third kappa shape index (κ3) is 9.83. The number of anilines is 1. The number of esters is 1. The van der Waals surface area contributed by atoms with E-state index in [0.29, 0.717) is 5.69 Å². The Hall–Kier alpha value is -4.04. The van der Waals surface area contributed by atoms with Crippen LogP contribution in [0.1, 0.15) is 46.6 Å². The molecule has 14 nitrogen and oxygen atoms in total. The van der Waals surface area contributed by atoms with E-state index < -0.39 is 78.3 Å². The Bertz CT molecular complexity index is 1120. The maximum Gasteiger partial charge on any atom is 0.317 e. The van der Waals surface area contributed by atoms with Crippen LogP contribution in [0.3, 0.4) is 0 Å². The Balaban J connectivity index is 2.06. The van der Waals surface area contributed by atoms with Crippen molar-refractivity contribution >= 4 is 41.3 Å². The minimum Gasteiger partial charge on any atom is -0.480 e.